The molecule has 2 aliphatic heterocycles. The van der Waals surface area contributed by atoms with E-state index in [1.807, 2.05) is 0 Å². The Balaban J connectivity index is 1.27. The van der Waals surface area contributed by atoms with Crippen LogP contribution in [0.1, 0.15) is 78.6 Å². The topological polar surface area (TPSA) is 58.9 Å². The first kappa shape index (κ1) is 21.1. The summed E-state index contributed by atoms with van der Waals surface area (Å²) in [5.74, 6) is 3.37. The molecule has 0 aromatic rings. The van der Waals surface area contributed by atoms with E-state index < -0.39 is 12.2 Å². The molecule has 6 aliphatic rings. The summed E-state index contributed by atoms with van der Waals surface area (Å²) in [4.78, 5) is 0. The Labute approximate surface area is 187 Å². The van der Waals surface area contributed by atoms with Gasteiger partial charge in [-0.15, -0.1) is 0 Å². The maximum atomic E-state index is 10.5. The van der Waals surface area contributed by atoms with Crippen LogP contribution in [0.25, 0.3) is 0 Å². The molecule has 4 aliphatic carbocycles. The molecule has 2 heterocycles. The SMILES string of the molecule is C=C1CC[C@@]2(OC1)O[C@H]1C[C@H]3[C@@H]4CC[C@@H]5C[C@@H](O)[C@@H](O)C[C@]5(C)[C@H]4CC[C@]3(C)[C@H]1[C@@H]2C. The van der Waals surface area contributed by atoms with Crippen LogP contribution in [0.4, 0.5) is 0 Å². The fraction of sp³-hybridized carbons (Fsp3) is 0.926. The minimum absolute atomic E-state index is 0.182. The number of hydrogen-bond acceptors (Lipinski definition) is 4. The highest BCUT2D eigenvalue weighted by molar-refractivity contribution is 5.16. The summed E-state index contributed by atoms with van der Waals surface area (Å²) in [7, 11) is 0. The van der Waals surface area contributed by atoms with Crippen LogP contribution in [0.5, 0.6) is 0 Å². The molecule has 12 atom stereocenters. The minimum atomic E-state index is -0.544. The van der Waals surface area contributed by atoms with Crippen molar-refractivity contribution in [1.29, 1.82) is 0 Å². The second-order valence-corrected chi connectivity index (χ2v) is 12.8. The summed E-state index contributed by atoms with van der Waals surface area (Å²) in [6.45, 7) is 12.2. The van der Waals surface area contributed by atoms with Gasteiger partial charge in [-0.2, -0.15) is 0 Å². The standard InChI is InChI=1S/C27H42O4/c1-15-7-10-27(30-14-15)16(2)24-23(31-27)12-20-18-6-5-17-11-21(28)22(29)13-26(17,4)19(18)8-9-25(20,24)3/h16-24,28-29H,1,5-14H2,2-4H3/t16-,17+,18+,19-,20-,21+,22-,23-,24-,25-,26-,27+/m0/s1. The van der Waals surface area contributed by atoms with E-state index in [2.05, 4.69) is 27.4 Å². The molecule has 0 unspecified atom stereocenters. The highest BCUT2D eigenvalue weighted by atomic mass is 16.7. The molecule has 174 valence electrons. The lowest BCUT2D eigenvalue weighted by atomic mass is 9.44. The molecule has 6 fully saturated rings. The number of aliphatic hydroxyl groups excluding tert-OH is 2. The van der Waals surface area contributed by atoms with Gasteiger partial charge in [0.05, 0.1) is 24.9 Å². The van der Waals surface area contributed by atoms with Crippen molar-refractivity contribution in [3.63, 3.8) is 0 Å². The number of aliphatic hydroxyl groups is 2. The van der Waals surface area contributed by atoms with Gasteiger partial charge in [-0.25, -0.2) is 0 Å². The largest absolute Gasteiger partial charge is 0.390 e. The molecule has 4 saturated carbocycles. The molecule has 1 spiro atoms. The normalized spacial score (nSPS) is 60.9. The summed E-state index contributed by atoms with van der Waals surface area (Å²) in [6, 6.07) is 0. The smallest absolute Gasteiger partial charge is 0.172 e. The molecule has 31 heavy (non-hydrogen) atoms. The lowest BCUT2D eigenvalue weighted by Gasteiger charge is -2.61. The Morgan fingerprint density at radius 3 is 2.52 bits per heavy atom. The van der Waals surface area contributed by atoms with E-state index in [1.165, 1.54) is 37.7 Å². The molecule has 0 amide bonds. The van der Waals surface area contributed by atoms with Gasteiger partial charge in [-0.1, -0.05) is 32.9 Å². The van der Waals surface area contributed by atoms with Gasteiger partial charge in [0, 0.05) is 12.3 Å². The zero-order chi connectivity index (χ0) is 21.8. The van der Waals surface area contributed by atoms with Crippen molar-refractivity contribution in [2.75, 3.05) is 6.61 Å². The van der Waals surface area contributed by atoms with Crippen LogP contribution in [-0.4, -0.2) is 40.9 Å². The Bertz CT molecular complexity index is 754. The van der Waals surface area contributed by atoms with Crippen molar-refractivity contribution < 1.29 is 19.7 Å². The number of ether oxygens (including phenoxy) is 2. The fourth-order valence-corrected chi connectivity index (χ4v) is 10.1. The average Bonchev–Trinajstić information content (AvgIpc) is 3.16. The maximum absolute atomic E-state index is 10.5. The van der Waals surface area contributed by atoms with Gasteiger partial charge in [0.2, 0.25) is 0 Å². The zero-order valence-electron chi connectivity index (χ0n) is 19.7. The van der Waals surface area contributed by atoms with Gasteiger partial charge < -0.3 is 19.7 Å². The fourth-order valence-electron chi connectivity index (χ4n) is 10.1. The highest BCUT2D eigenvalue weighted by Crippen LogP contribution is 2.71. The van der Waals surface area contributed by atoms with Crippen LogP contribution in [0.3, 0.4) is 0 Å². The third-order valence-electron chi connectivity index (χ3n) is 11.7. The summed E-state index contributed by atoms with van der Waals surface area (Å²) in [6.07, 6.45) is 9.08. The Morgan fingerprint density at radius 2 is 1.77 bits per heavy atom. The predicted molar refractivity (Wildman–Crippen MR) is 119 cm³/mol. The Kier molecular flexibility index (Phi) is 4.64. The first-order valence-electron chi connectivity index (χ1n) is 13.0. The van der Waals surface area contributed by atoms with E-state index >= 15 is 0 Å². The molecule has 2 saturated heterocycles. The Hall–Kier alpha value is -0.420. The number of rotatable bonds is 0. The third kappa shape index (κ3) is 2.74. The molecular weight excluding hydrogens is 388 g/mol. The van der Waals surface area contributed by atoms with Crippen molar-refractivity contribution in [3.05, 3.63) is 12.2 Å². The second kappa shape index (κ2) is 6.81. The van der Waals surface area contributed by atoms with Crippen LogP contribution in [0, 0.1) is 46.3 Å². The van der Waals surface area contributed by atoms with Gasteiger partial charge in [0.25, 0.3) is 0 Å². The average molecular weight is 431 g/mol. The van der Waals surface area contributed by atoms with E-state index in [4.69, 9.17) is 9.47 Å². The number of hydrogen-bond donors (Lipinski definition) is 2. The van der Waals surface area contributed by atoms with Crippen LogP contribution in [-0.2, 0) is 9.47 Å². The van der Waals surface area contributed by atoms with Crippen LogP contribution in [0.2, 0.25) is 0 Å². The van der Waals surface area contributed by atoms with Crippen molar-refractivity contribution in [2.24, 2.45) is 46.3 Å². The summed E-state index contributed by atoms with van der Waals surface area (Å²) >= 11 is 0. The van der Waals surface area contributed by atoms with Gasteiger partial charge in [-0.3, -0.25) is 0 Å². The van der Waals surface area contributed by atoms with Crippen molar-refractivity contribution in [2.45, 2.75) is 103 Å². The van der Waals surface area contributed by atoms with E-state index in [0.29, 0.717) is 41.8 Å². The lowest BCUT2D eigenvalue weighted by molar-refractivity contribution is -0.256. The van der Waals surface area contributed by atoms with E-state index in [1.54, 1.807) is 0 Å². The molecule has 0 aromatic carbocycles. The molecule has 4 heteroatoms. The van der Waals surface area contributed by atoms with E-state index in [9.17, 15) is 10.2 Å². The predicted octanol–water partition coefficient (Wildman–Crippen LogP) is 4.68. The van der Waals surface area contributed by atoms with Crippen LogP contribution in [0.15, 0.2) is 12.2 Å². The molecule has 0 aromatic heterocycles. The van der Waals surface area contributed by atoms with Crippen LogP contribution < -0.4 is 0 Å². The van der Waals surface area contributed by atoms with Crippen LogP contribution >= 0.6 is 0 Å². The van der Waals surface area contributed by atoms with E-state index in [-0.39, 0.29) is 11.2 Å². The van der Waals surface area contributed by atoms with Gasteiger partial charge >= 0.3 is 0 Å². The zero-order valence-corrected chi connectivity index (χ0v) is 19.7. The maximum Gasteiger partial charge on any atom is 0.172 e. The summed E-state index contributed by atoms with van der Waals surface area (Å²) in [5, 5.41) is 20.9. The van der Waals surface area contributed by atoms with Crippen molar-refractivity contribution >= 4 is 0 Å². The Morgan fingerprint density at radius 1 is 0.968 bits per heavy atom. The van der Waals surface area contributed by atoms with Crippen molar-refractivity contribution in [1.82, 2.24) is 0 Å². The molecule has 0 bridgehead atoms. The summed E-state index contributed by atoms with van der Waals surface area (Å²) in [5.41, 5.74) is 1.72. The molecule has 6 rings (SSSR count). The first-order valence-corrected chi connectivity index (χ1v) is 13.0. The van der Waals surface area contributed by atoms with Gasteiger partial charge in [-0.05, 0) is 91.8 Å². The minimum Gasteiger partial charge on any atom is -0.390 e. The van der Waals surface area contributed by atoms with Crippen molar-refractivity contribution in [3.8, 4) is 0 Å². The first-order chi connectivity index (χ1) is 14.7. The lowest BCUT2D eigenvalue weighted by Crippen LogP contribution is -2.57. The third-order valence-corrected chi connectivity index (χ3v) is 11.7. The quantitative estimate of drug-likeness (QED) is 0.548. The van der Waals surface area contributed by atoms with E-state index in [0.717, 1.165) is 37.5 Å². The number of fused-ring (bicyclic) bond motifs is 7. The molecule has 2 N–H and O–H groups in total. The monoisotopic (exact) mass is 430 g/mol. The molecular formula is C27H42O4. The summed E-state index contributed by atoms with van der Waals surface area (Å²) < 4.78 is 13.2. The second-order valence-electron chi connectivity index (χ2n) is 12.8. The molecule has 4 nitrogen and oxygen atoms in total. The highest BCUT2D eigenvalue weighted by Gasteiger charge is 2.69. The van der Waals surface area contributed by atoms with Gasteiger partial charge in [0.15, 0.2) is 5.79 Å². The van der Waals surface area contributed by atoms with Gasteiger partial charge in [0.1, 0.15) is 0 Å². The molecule has 0 radical (unpaired) electrons.